The highest BCUT2D eigenvalue weighted by molar-refractivity contribution is 5.98. The van der Waals surface area contributed by atoms with Crippen molar-refractivity contribution in [2.45, 2.75) is 72.6 Å². The van der Waals surface area contributed by atoms with Crippen LogP contribution in [0, 0.1) is 13.8 Å². The summed E-state index contributed by atoms with van der Waals surface area (Å²) in [6.07, 6.45) is -0.0689. The summed E-state index contributed by atoms with van der Waals surface area (Å²) in [7, 11) is 1.57. The van der Waals surface area contributed by atoms with E-state index in [1.54, 1.807) is 57.0 Å². The number of anilines is 1. The molecule has 0 saturated heterocycles. The SMILES string of the molecule is CCC(C)N(C(=O)CNC(=O)OC(C)(C)C)C(C(=O)Nc1ccc(OC)cc1)c1cc(C)cc(C)c1. The average molecular weight is 498 g/mol. The number of hydrogen-bond donors (Lipinski definition) is 2. The van der Waals surface area contributed by atoms with Crippen LogP contribution < -0.4 is 15.4 Å². The van der Waals surface area contributed by atoms with E-state index >= 15 is 0 Å². The molecular weight excluding hydrogens is 458 g/mol. The number of benzene rings is 2. The lowest BCUT2D eigenvalue weighted by atomic mass is 9.97. The van der Waals surface area contributed by atoms with Crippen molar-refractivity contribution in [3.8, 4) is 5.75 Å². The predicted molar refractivity (Wildman–Crippen MR) is 141 cm³/mol. The number of methoxy groups -OCH3 is 1. The van der Waals surface area contributed by atoms with Gasteiger partial charge in [-0.2, -0.15) is 0 Å². The Balaban J connectivity index is 2.42. The van der Waals surface area contributed by atoms with Crippen LogP contribution in [0.1, 0.15) is 63.8 Å². The Morgan fingerprint density at radius 1 is 1.00 bits per heavy atom. The standard InChI is InChI=1S/C28H39N3O5/c1-9-20(4)31(24(32)17-29-27(34)36-28(5,6)7)25(21-15-18(2)14-19(3)16-21)26(33)30-22-10-12-23(35-8)13-11-22/h10-16,20,25H,9,17H2,1-8H3,(H,29,34)(H,30,33). The summed E-state index contributed by atoms with van der Waals surface area (Å²) in [5.74, 6) is -0.0659. The topological polar surface area (TPSA) is 97.0 Å². The van der Waals surface area contributed by atoms with Gasteiger partial charge in [0.15, 0.2) is 0 Å². The summed E-state index contributed by atoms with van der Waals surface area (Å²) in [5.41, 5.74) is 2.55. The van der Waals surface area contributed by atoms with E-state index in [0.717, 1.165) is 11.1 Å². The number of rotatable bonds is 9. The van der Waals surface area contributed by atoms with Crippen LogP contribution in [0.5, 0.6) is 5.75 Å². The Morgan fingerprint density at radius 2 is 1.58 bits per heavy atom. The van der Waals surface area contributed by atoms with E-state index in [9.17, 15) is 14.4 Å². The molecule has 3 amide bonds. The van der Waals surface area contributed by atoms with Crippen molar-refractivity contribution in [3.05, 3.63) is 59.2 Å². The summed E-state index contributed by atoms with van der Waals surface area (Å²) in [4.78, 5) is 41.0. The number of aryl methyl sites for hydroxylation is 2. The van der Waals surface area contributed by atoms with Crippen LogP contribution in [0.2, 0.25) is 0 Å². The fourth-order valence-corrected chi connectivity index (χ4v) is 3.89. The Labute approximate surface area is 214 Å². The molecule has 2 aromatic rings. The molecule has 2 N–H and O–H groups in total. The Bertz CT molecular complexity index is 1040. The fourth-order valence-electron chi connectivity index (χ4n) is 3.89. The van der Waals surface area contributed by atoms with Crippen LogP contribution in [0.15, 0.2) is 42.5 Å². The zero-order chi connectivity index (χ0) is 27.0. The largest absolute Gasteiger partial charge is 0.497 e. The molecular formula is C28H39N3O5. The number of carbonyl (C=O) groups excluding carboxylic acids is 3. The Hall–Kier alpha value is -3.55. The molecule has 0 aliphatic rings. The first-order valence-corrected chi connectivity index (χ1v) is 12.2. The minimum absolute atomic E-state index is 0.273. The molecule has 196 valence electrons. The summed E-state index contributed by atoms with van der Waals surface area (Å²) in [6, 6.07) is 11.7. The number of carbonyl (C=O) groups is 3. The summed E-state index contributed by atoms with van der Waals surface area (Å²) >= 11 is 0. The van der Waals surface area contributed by atoms with Crippen molar-refractivity contribution in [1.82, 2.24) is 10.2 Å². The molecule has 0 aliphatic carbocycles. The van der Waals surface area contributed by atoms with Gasteiger partial charge in [0.05, 0.1) is 7.11 Å². The maximum Gasteiger partial charge on any atom is 0.408 e. The van der Waals surface area contributed by atoms with Gasteiger partial charge < -0.3 is 25.0 Å². The molecule has 0 aliphatic heterocycles. The number of amides is 3. The fraction of sp³-hybridized carbons (Fsp3) is 0.464. The molecule has 0 heterocycles. The van der Waals surface area contributed by atoms with Gasteiger partial charge in [0.25, 0.3) is 5.91 Å². The van der Waals surface area contributed by atoms with E-state index < -0.39 is 17.7 Å². The number of alkyl carbamates (subject to hydrolysis) is 1. The first kappa shape index (κ1) is 28.7. The lowest BCUT2D eigenvalue weighted by Crippen LogP contribution is -2.50. The van der Waals surface area contributed by atoms with Crippen molar-refractivity contribution in [2.24, 2.45) is 0 Å². The molecule has 2 rings (SSSR count). The van der Waals surface area contributed by atoms with Crippen molar-refractivity contribution in [2.75, 3.05) is 19.0 Å². The Kier molecular flexibility index (Phi) is 9.90. The monoisotopic (exact) mass is 497 g/mol. The summed E-state index contributed by atoms with van der Waals surface area (Å²) < 4.78 is 10.5. The van der Waals surface area contributed by atoms with E-state index in [0.29, 0.717) is 23.4 Å². The van der Waals surface area contributed by atoms with Crippen LogP contribution >= 0.6 is 0 Å². The van der Waals surface area contributed by atoms with Gasteiger partial charge in [-0.3, -0.25) is 9.59 Å². The minimum Gasteiger partial charge on any atom is -0.497 e. The zero-order valence-electron chi connectivity index (χ0n) is 22.6. The van der Waals surface area contributed by atoms with Gasteiger partial charge in [-0.25, -0.2) is 4.79 Å². The molecule has 0 spiro atoms. The van der Waals surface area contributed by atoms with E-state index in [1.165, 1.54) is 0 Å². The van der Waals surface area contributed by atoms with Crippen LogP contribution in [0.25, 0.3) is 0 Å². The molecule has 2 atom stereocenters. The van der Waals surface area contributed by atoms with Crippen LogP contribution in [0.4, 0.5) is 10.5 Å². The van der Waals surface area contributed by atoms with Crippen molar-refractivity contribution < 1.29 is 23.9 Å². The first-order valence-electron chi connectivity index (χ1n) is 12.2. The van der Waals surface area contributed by atoms with Gasteiger partial charge >= 0.3 is 6.09 Å². The summed E-state index contributed by atoms with van der Waals surface area (Å²) in [6.45, 7) is 12.7. The zero-order valence-corrected chi connectivity index (χ0v) is 22.6. The lowest BCUT2D eigenvalue weighted by molar-refractivity contribution is -0.140. The second-order valence-electron chi connectivity index (χ2n) is 9.96. The third-order valence-electron chi connectivity index (χ3n) is 5.58. The second-order valence-corrected chi connectivity index (χ2v) is 9.96. The van der Waals surface area contributed by atoms with E-state index in [1.807, 2.05) is 45.9 Å². The Morgan fingerprint density at radius 3 is 2.08 bits per heavy atom. The molecule has 8 heteroatoms. The molecule has 0 bridgehead atoms. The maximum atomic E-state index is 13.7. The van der Waals surface area contributed by atoms with Gasteiger partial charge in [0.2, 0.25) is 5.91 Å². The van der Waals surface area contributed by atoms with Crippen LogP contribution in [-0.4, -0.2) is 48.1 Å². The predicted octanol–water partition coefficient (Wildman–Crippen LogP) is 5.14. The highest BCUT2D eigenvalue weighted by atomic mass is 16.6. The van der Waals surface area contributed by atoms with Crippen molar-refractivity contribution in [1.29, 1.82) is 0 Å². The number of hydrogen-bond acceptors (Lipinski definition) is 5. The molecule has 36 heavy (non-hydrogen) atoms. The number of nitrogens with one attached hydrogen (secondary N) is 2. The normalized spacial score (nSPS) is 12.8. The molecule has 0 saturated carbocycles. The smallest absolute Gasteiger partial charge is 0.408 e. The number of ether oxygens (including phenoxy) is 2. The quantitative estimate of drug-likeness (QED) is 0.500. The van der Waals surface area contributed by atoms with E-state index in [4.69, 9.17) is 9.47 Å². The molecule has 0 radical (unpaired) electrons. The second kappa shape index (κ2) is 12.4. The maximum absolute atomic E-state index is 13.7. The molecule has 0 fully saturated rings. The van der Waals surface area contributed by atoms with E-state index in [-0.39, 0.29) is 24.4 Å². The van der Waals surface area contributed by atoms with Gasteiger partial charge in [-0.15, -0.1) is 0 Å². The third-order valence-corrected chi connectivity index (χ3v) is 5.58. The molecule has 2 unspecified atom stereocenters. The highest BCUT2D eigenvalue weighted by Gasteiger charge is 2.35. The van der Waals surface area contributed by atoms with Gasteiger partial charge in [0.1, 0.15) is 23.9 Å². The van der Waals surface area contributed by atoms with Crippen molar-refractivity contribution >= 4 is 23.6 Å². The molecule has 0 aromatic heterocycles. The van der Waals surface area contributed by atoms with Crippen LogP contribution in [0.3, 0.4) is 0 Å². The molecule has 2 aromatic carbocycles. The van der Waals surface area contributed by atoms with Gasteiger partial charge in [-0.1, -0.05) is 36.2 Å². The summed E-state index contributed by atoms with van der Waals surface area (Å²) in [5, 5.41) is 5.47. The van der Waals surface area contributed by atoms with Crippen LogP contribution in [-0.2, 0) is 14.3 Å². The highest BCUT2D eigenvalue weighted by Crippen LogP contribution is 2.28. The van der Waals surface area contributed by atoms with Gasteiger partial charge in [-0.05, 0) is 77.8 Å². The van der Waals surface area contributed by atoms with E-state index in [2.05, 4.69) is 10.6 Å². The average Bonchev–Trinajstić information content (AvgIpc) is 2.79. The molecule has 8 nitrogen and oxygen atoms in total. The number of nitrogens with zero attached hydrogens (tertiary/aromatic N) is 1. The lowest BCUT2D eigenvalue weighted by Gasteiger charge is -2.36. The third kappa shape index (κ3) is 8.29. The first-order chi connectivity index (χ1) is 16.8. The minimum atomic E-state index is -0.909. The van der Waals surface area contributed by atoms with Gasteiger partial charge in [0, 0.05) is 11.7 Å². The van der Waals surface area contributed by atoms with Crippen molar-refractivity contribution in [3.63, 3.8) is 0 Å².